The number of nitrogens with two attached hydrogens (primary N) is 1. The molecule has 1 aromatic carbocycles. The van der Waals surface area contributed by atoms with E-state index >= 15 is 0 Å². The number of hydrogen-bond acceptors (Lipinski definition) is 5. The van der Waals surface area contributed by atoms with Gasteiger partial charge in [0.2, 0.25) is 0 Å². The molecule has 1 aliphatic rings. The highest BCUT2D eigenvalue weighted by atomic mass is 16.5. The Morgan fingerprint density at radius 2 is 2.11 bits per heavy atom. The Kier molecular flexibility index (Phi) is 3.18. The number of rotatable bonds is 2. The molecule has 0 fully saturated rings. The quantitative estimate of drug-likeness (QED) is 0.888. The van der Waals surface area contributed by atoms with Crippen molar-refractivity contribution >= 4 is 11.5 Å². The Balaban J connectivity index is 1.86. The molecule has 0 bridgehead atoms. The van der Waals surface area contributed by atoms with Gasteiger partial charge in [0.05, 0.1) is 36.9 Å². The maximum atomic E-state index is 5.74. The summed E-state index contributed by atoms with van der Waals surface area (Å²) in [6, 6.07) is 8.09. The van der Waals surface area contributed by atoms with Crippen molar-refractivity contribution in [2.45, 2.75) is 13.0 Å². The summed E-state index contributed by atoms with van der Waals surface area (Å²) < 4.78 is 5.74. The lowest BCUT2D eigenvalue weighted by Gasteiger charge is -2.23. The van der Waals surface area contributed by atoms with Crippen molar-refractivity contribution in [2.24, 2.45) is 0 Å². The van der Waals surface area contributed by atoms with E-state index in [4.69, 9.17) is 10.5 Å². The Labute approximate surface area is 112 Å². The van der Waals surface area contributed by atoms with Gasteiger partial charge in [0.25, 0.3) is 0 Å². The second-order valence-corrected chi connectivity index (χ2v) is 4.52. The summed E-state index contributed by atoms with van der Waals surface area (Å²) in [6.07, 6.45) is 4.32. The highest BCUT2D eigenvalue weighted by Gasteiger charge is 2.16. The van der Waals surface area contributed by atoms with Gasteiger partial charge in [-0.2, -0.15) is 0 Å². The molecule has 0 unspecified atom stereocenters. The Morgan fingerprint density at radius 1 is 1.21 bits per heavy atom. The van der Waals surface area contributed by atoms with Crippen molar-refractivity contribution in [3.05, 3.63) is 42.4 Å². The summed E-state index contributed by atoms with van der Waals surface area (Å²) in [5.41, 5.74) is 7.57. The molecule has 19 heavy (non-hydrogen) atoms. The van der Waals surface area contributed by atoms with Crippen LogP contribution in [0.1, 0.15) is 12.1 Å². The lowest BCUT2D eigenvalue weighted by atomic mass is 10.2. The molecule has 0 spiro atoms. The molecule has 2 aromatic rings. The van der Waals surface area contributed by atoms with Gasteiger partial charge in [-0.15, -0.1) is 0 Å². The van der Waals surface area contributed by atoms with Crippen molar-refractivity contribution in [3.63, 3.8) is 0 Å². The van der Waals surface area contributed by atoms with Crippen LogP contribution < -0.4 is 15.4 Å². The van der Waals surface area contributed by atoms with Gasteiger partial charge in [0.15, 0.2) is 0 Å². The fraction of sp³-hybridized carbons (Fsp3) is 0.286. The van der Waals surface area contributed by atoms with E-state index in [0.29, 0.717) is 12.4 Å². The second-order valence-electron chi connectivity index (χ2n) is 4.52. The van der Waals surface area contributed by atoms with E-state index in [1.165, 1.54) is 0 Å². The SMILES string of the molecule is Nc1cnc(CN2CCCOc3ccccc32)cn1. The normalized spacial score (nSPS) is 14.4. The number of ether oxygens (including phenoxy) is 1. The minimum absolute atomic E-state index is 0.448. The molecule has 5 heteroatoms. The average molecular weight is 256 g/mol. The first-order valence-corrected chi connectivity index (χ1v) is 6.36. The molecule has 0 atom stereocenters. The topological polar surface area (TPSA) is 64.3 Å². The van der Waals surface area contributed by atoms with E-state index in [-0.39, 0.29) is 0 Å². The van der Waals surface area contributed by atoms with E-state index in [1.54, 1.807) is 12.4 Å². The van der Waals surface area contributed by atoms with E-state index in [2.05, 4.69) is 20.9 Å². The first kappa shape index (κ1) is 11.8. The highest BCUT2D eigenvalue weighted by molar-refractivity contribution is 5.59. The third kappa shape index (κ3) is 2.59. The third-order valence-electron chi connectivity index (χ3n) is 3.11. The summed E-state index contributed by atoms with van der Waals surface area (Å²) in [5, 5.41) is 0. The van der Waals surface area contributed by atoms with Gasteiger partial charge in [0.1, 0.15) is 11.6 Å². The van der Waals surface area contributed by atoms with Crippen molar-refractivity contribution in [2.75, 3.05) is 23.8 Å². The van der Waals surface area contributed by atoms with Crippen LogP contribution in [0, 0.1) is 0 Å². The van der Waals surface area contributed by atoms with Crippen LogP contribution in [0.25, 0.3) is 0 Å². The van der Waals surface area contributed by atoms with Crippen LogP contribution in [0.2, 0.25) is 0 Å². The fourth-order valence-corrected chi connectivity index (χ4v) is 2.20. The minimum Gasteiger partial charge on any atom is -0.491 e. The number of aromatic nitrogens is 2. The van der Waals surface area contributed by atoms with Gasteiger partial charge in [-0.25, -0.2) is 4.98 Å². The third-order valence-corrected chi connectivity index (χ3v) is 3.11. The highest BCUT2D eigenvalue weighted by Crippen LogP contribution is 2.31. The first-order valence-electron chi connectivity index (χ1n) is 6.36. The largest absolute Gasteiger partial charge is 0.491 e. The first-order chi connectivity index (χ1) is 9.33. The molecule has 98 valence electrons. The zero-order valence-corrected chi connectivity index (χ0v) is 10.6. The maximum absolute atomic E-state index is 5.74. The number of anilines is 2. The van der Waals surface area contributed by atoms with Crippen LogP contribution in [0.4, 0.5) is 11.5 Å². The summed E-state index contributed by atoms with van der Waals surface area (Å²) >= 11 is 0. The van der Waals surface area contributed by atoms with Crippen LogP contribution in [-0.4, -0.2) is 23.1 Å². The monoisotopic (exact) mass is 256 g/mol. The molecule has 0 saturated heterocycles. The fourth-order valence-electron chi connectivity index (χ4n) is 2.20. The summed E-state index contributed by atoms with van der Waals surface area (Å²) in [4.78, 5) is 10.7. The van der Waals surface area contributed by atoms with Crippen molar-refractivity contribution < 1.29 is 4.74 Å². The van der Waals surface area contributed by atoms with Crippen molar-refractivity contribution in [1.29, 1.82) is 0 Å². The van der Waals surface area contributed by atoms with E-state index in [1.807, 2.05) is 18.2 Å². The van der Waals surface area contributed by atoms with Crippen LogP contribution in [0.3, 0.4) is 0 Å². The number of hydrogen-bond donors (Lipinski definition) is 1. The van der Waals surface area contributed by atoms with Crippen molar-refractivity contribution in [1.82, 2.24) is 9.97 Å². The molecule has 2 heterocycles. The summed E-state index contributed by atoms with van der Waals surface area (Å²) in [6.45, 7) is 2.41. The molecule has 0 saturated carbocycles. The van der Waals surface area contributed by atoms with Gasteiger partial charge < -0.3 is 15.4 Å². The average Bonchev–Trinajstić information content (AvgIpc) is 2.64. The van der Waals surface area contributed by atoms with Gasteiger partial charge in [-0.1, -0.05) is 12.1 Å². The van der Waals surface area contributed by atoms with Crippen LogP contribution in [-0.2, 0) is 6.54 Å². The van der Waals surface area contributed by atoms with Crippen LogP contribution in [0.15, 0.2) is 36.7 Å². The molecule has 3 rings (SSSR count). The minimum atomic E-state index is 0.448. The molecule has 0 radical (unpaired) electrons. The predicted octanol–water partition coefficient (Wildman–Crippen LogP) is 1.85. The lowest BCUT2D eigenvalue weighted by molar-refractivity contribution is 0.322. The Morgan fingerprint density at radius 3 is 2.95 bits per heavy atom. The van der Waals surface area contributed by atoms with Gasteiger partial charge in [-0.3, -0.25) is 4.98 Å². The molecule has 1 aromatic heterocycles. The zero-order chi connectivity index (χ0) is 13.1. The van der Waals surface area contributed by atoms with Gasteiger partial charge >= 0.3 is 0 Å². The number of fused-ring (bicyclic) bond motifs is 1. The maximum Gasteiger partial charge on any atom is 0.142 e. The molecule has 0 amide bonds. The molecular formula is C14H16N4O. The lowest BCUT2D eigenvalue weighted by Crippen LogP contribution is -2.23. The van der Waals surface area contributed by atoms with E-state index in [9.17, 15) is 0 Å². The number of nitrogen functional groups attached to an aromatic ring is 1. The van der Waals surface area contributed by atoms with Gasteiger partial charge in [0, 0.05) is 6.54 Å². The molecule has 2 N–H and O–H groups in total. The summed E-state index contributed by atoms with van der Waals surface area (Å²) in [7, 11) is 0. The molecule has 0 aliphatic carbocycles. The zero-order valence-electron chi connectivity index (χ0n) is 10.6. The number of nitrogens with zero attached hydrogens (tertiary/aromatic N) is 3. The Hall–Kier alpha value is -2.30. The predicted molar refractivity (Wildman–Crippen MR) is 74.0 cm³/mol. The number of benzene rings is 1. The molecular weight excluding hydrogens is 240 g/mol. The van der Waals surface area contributed by atoms with Gasteiger partial charge in [-0.05, 0) is 18.6 Å². The van der Waals surface area contributed by atoms with Crippen LogP contribution in [0.5, 0.6) is 5.75 Å². The molecule has 1 aliphatic heterocycles. The van der Waals surface area contributed by atoms with Crippen molar-refractivity contribution in [3.8, 4) is 5.75 Å². The smallest absolute Gasteiger partial charge is 0.142 e. The summed E-state index contributed by atoms with van der Waals surface area (Å²) in [5.74, 6) is 1.38. The van der Waals surface area contributed by atoms with E-state index < -0.39 is 0 Å². The number of para-hydroxylation sites is 2. The molecule has 5 nitrogen and oxygen atoms in total. The Bertz CT molecular complexity index is 556. The van der Waals surface area contributed by atoms with Crippen LogP contribution >= 0.6 is 0 Å². The second kappa shape index (κ2) is 5.14. The van der Waals surface area contributed by atoms with E-state index in [0.717, 1.165) is 36.7 Å². The standard InChI is InChI=1S/C14H16N4O/c15-14-9-16-11(8-17-14)10-18-6-3-7-19-13-5-2-1-4-12(13)18/h1-2,4-5,8-9H,3,6-7,10H2,(H2,15,17).